The number of benzene rings is 1. The second-order valence-corrected chi connectivity index (χ2v) is 8.30. The number of rotatable bonds is 4. The fraction of sp³-hybridized carbons (Fsp3) is 0.381. The third-order valence-electron chi connectivity index (χ3n) is 4.66. The first-order valence-corrected chi connectivity index (χ1v) is 9.72. The van der Waals surface area contributed by atoms with Gasteiger partial charge >= 0.3 is 6.09 Å². The number of hydrogen-bond donors (Lipinski definition) is 1. The first-order valence-electron chi connectivity index (χ1n) is 9.72. The Bertz CT molecular complexity index is 1100. The molecule has 0 spiro atoms. The number of nitrogens with zero attached hydrogens (tertiary/aromatic N) is 4. The zero-order valence-electron chi connectivity index (χ0n) is 17.2. The maximum absolute atomic E-state index is 14.0. The third-order valence-corrected chi connectivity index (χ3v) is 4.66. The van der Waals surface area contributed by atoms with Crippen LogP contribution in [0.5, 0.6) is 0 Å². The van der Waals surface area contributed by atoms with E-state index in [4.69, 9.17) is 4.74 Å². The molecule has 1 aromatic carbocycles. The van der Waals surface area contributed by atoms with E-state index in [-0.39, 0.29) is 11.5 Å². The van der Waals surface area contributed by atoms with Crippen molar-refractivity contribution in [1.29, 1.82) is 0 Å². The second-order valence-electron chi connectivity index (χ2n) is 8.30. The van der Waals surface area contributed by atoms with E-state index in [9.17, 15) is 13.6 Å². The summed E-state index contributed by atoms with van der Waals surface area (Å²) in [5.74, 6) is -0.494. The molecule has 7 nitrogen and oxygen atoms in total. The Balaban J connectivity index is 1.94. The van der Waals surface area contributed by atoms with E-state index in [1.165, 1.54) is 4.52 Å². The molecule has 3 aromatic rings. The lowest BCUT2D eigenvalue weighted by Crippen LogP contribution is -2.35. The summed E-state index contributed by atoms with van der Waals surface area (Å²) >= 11 is 0. The lowest BCUT2D eigenvalue weighted by atomic mass is 10.2. The van der Waals surface area contributed by atoms with Gasteiger partial charge in [0.1, 0.15) is 28.9 Å². The molecule has 4 rings (SSSR count). The van der Waals surface area contributed by atoms with Crippen LogP contribution in [-0.2, 0) is 4.74 Å². The molecule has 0 unspecified atom stereocenters. The minimum absolute atomic E-state index is 0.0141. The highest BCUT2D eigenvalue weighted by Gasteiger charge is 2.32. The van der Waals surface area contributed by atoms with Gasteiger partial charge in [-0.3, -0.25) is 0 Å². The molecule has 0 bridgehead atoms. The van der Waals surface area contributed by atoms with Crippen LogP contribution in [0.3, 0.4) is 0 Å². The summed E-state index contributed by atoms with van der Waals surface area (Å²) in [6.07, 6.45) is 3.04. The minimum Gasteiger partial charge on any atom is -0.443 e. The van der Waals surface area contributed by atoms with Gasteiger partial charge in [-0.05, 0) is 51.7 Å². The highest BCUT2D eigenvalue weighted by atomic mass is 19.1. The van der Waals surface area contributed by atoms with Crippen molar-refractivity contribution in [2.75, 3.05) is 17.3 Å². The smallest absolute Gasteiger partial charge is 0.420 e. The number of ether oxygens (including phenoxy) is 1. The normalized spacial score (nSPS) is 14.1. The zero-order valence-corrected chi connectivity index (χ0v) is 17.2. The van der Waals surface area contributed by atoms with E-state index in [1.807, 2.05) is 0 Å². The van der Waals surface area contributed by atoms with E-state index in [1.54, 1.807) is 40.1 Å². The van der Waals surface area contributed by atoms with Crippen molar-refractivity contribution in [2.24, 2.45) is 0 Å². The predicted molar refractivity (Wildman–Crippen MR) is 109 cm³/mol. The van der Waals surface area contributed by atoms with Crippen molar-refractivity contribution >= 4 is 29.1 Å². The molecular formula is C21H23F2N5O2. The van der Waals surface area contributed by atoms with Gasteiger partial charge < -0.3 is 10.1 Å². The van der Waals surface area contributed by atoms with Crippen LogP contribution in [0.1, 0.15) is 45.1 Å². The molecular weight excluding hydrogens is 392 g/mol. The van der Waals surface area contributed by atoms with Gasteiger partial charge in [-0.15, -0.1) is 0 Å². The number of carbonyl (C=O) groups excluding carboxylic acids is 1. The van der Waals surface area contributed by atoms with E-state index >= 15 is 0 Å². The van der Waals surface area contributed by atoms with Crippen molar-refractivity contribution in [1.82, 2.24) is 14.6 Å². The summed E-state index contributed by atoms with van der Waals surface area (Å²) in [6.45, 7) is 5.15. The van der Waals surface area contributed by atoms with Crippen LogP contribution in [0, 0.1) is 11.6 Å². The Morgan fingerprint density at radius 3 is 2.43 bits per heavy atom. The summed E-state index contributed by atoms with van der Waals surface area (Å²) in [4.78, 5) is 18.8. The Hall–Kier alpha value is -3.23. The summed E-state index contributed by atoms with van der Waals surface area (Å²) in [7, 11) is 1.70. The summed E-state index contributed by atoms with van der Waals surface area (Å²) in [5, 5.41) is 7.39. The standard InChI is InChI=1S/C21H23F2N5O2/c1-21(2,3)30-20(29)27(15-8-13(22)7-14(23)9-15)18-10-17(24-4)26-19-16(12-5-6-12)11-25-28(18)19/h7-12H,5-6H2,1-4H3,(H,24,26). The van der Waals surface area contributed by atoms with Crippen LogP contribution in [0.15, 0.2) is 30.5 Å². The SMILES string of the molecule is CNc1cc(N(C(=O)OC(C)(C)C)c2cc(F)cc(F)c2)n2ncc(C3CC3)c2n1. The molecule has 1 fully saturated rings. The van der Waals surface area contributed by atoms with Gasteiger partial charge in [0.15, 0.2) is 5.65 Å². The summed E-state index contributed by atoms with van der Waals surface area (Å²) < 4.78 is 35.1. The van der Waals surface area contributed by atoms with Crippen LogP contribution in [0.25, 0.3) is 5.65 Å². The Morgan fingerprint density at radius 2 is 1.87 bits per heavy atom. The monoisotopic (exact) mass is 415 g/mol. The lowest BCUT2D eigenvalue weighted by molar-refractivity contribution is 0.0597. The first kappa shape index (κ1) is 20.1. The molecule has 0 saturated heterocycles. The largest absolute Gasteiger partial charge is 0.443 e. The van der Waals surface area contributed by atoms with Crippen LogP contribution in [-0.4, -0.2) is 33.3 Å². The van der Waals surface area contributed by atoms with Gasteiger partial charge in [0.25, 0.3) is 0 Å². The molecule has 2 heterocycles. The van der Waals surface area contributed by atoms with Crippen LogP contribution < -0.4 is 10.2 Å². The quantitative estimate of drug-likeness (QED) is 0.649. The number of carbonyl (C=O) groups is 1. The minimum atomic E-state index is -0.817. The van der Waals surface area contributed by atoms with E-state index in [2.05, 4.69) is 15.4 Å². The fourth-order valence-corrected chi connectivity index (χ4v) is 3.24. The van der Waals surface area contributed by atoms with E-state index in [0.29, 0.717) is 17.4 Å². The number of hydrogen-bond acceptors (Lipinski definition) is 5. The maximum atomic E-state index is 14.0. The second kappa shape index (κ2) is 7.23. The molecule has 0 radical (unpaired) electrons. The molecule has 1 aliphatic rings. The molecule has 1 N–H and O–H groups in total. The Morgan fingerprint density at radius 1 is 1.20 bits per heavy atom. The van der Waals surface area contributed by atoms with Crippen molar-refractivity contribution in [3.63, 3.8) is 0 Å². The highest BCUT2D eigenvalue weighted by molar-refractivity contribution is 5.96. The van der Waals surface area contributed by atoms with E-state index < -0.39 is 23.3 Å². The molecule has 2 aromatic heterocycles. The van der Waals surface area contributed by atoms with Gasteiger partial charge in [0.2, 0.25) is 0 Å². The molecule has 1 aliphatic carbocycles. The number of aromatic nitrogens is 3. The Kier molecular flexibility index (Phi) is 4.83. The van der Waals surface area contributed by atoms with Crippen LogP contribution in [0.2, 0.25) is 0 Å². The molecule has 1 amide bonds. The lowest BCUT2D eigenvalue weighted by Gasteiger charge is -2.28. The van der Waals surface area contributed by atoms with Crippen LogP contribution in [0.4, 0.5) is 30.9 Å². The molecule has 0 atom stereocenters. The number of halogens is 2. The average molecular weight is 415 g/mol. The first-order chi connectivity index (χ1) is 14.2. The maximum Gasteiger partial charge on any atom is 0.420 e. The van der Waals surface area contributed by atoms with Crippen molar-refractivity contribution < 1.29 is 18.3 Å². The molecule has 1 saturated carbocycles. The average Bonchev–Trinajstić information content (AvgIpc) is 3.38. The third kappa shape index (κ3) is 3.92. The van der Waals surface area contributed by atoms with Gasteiger partial charge in [-0.1, -0.05) is 0 Å². The van der Waals surface area contributed by atoms with Crippen LogP contribution >= 0.6 is 0 Å². The van der Waals surface area contributed by atoms with E-state index in [0.717, 1.165) is 41.5 Å². The van der Waals surface area contributed by atoms with Gasteiger partial charge in [-0.2, -0.15) is 9.61 Å². The Labute approximate surface area is 172 Å². The molecule has 30 heavy (non-hydrogen) atoms. The molecule has 158 valence electrons. The zero-order chi connectivity index (χ0) is 21.6. The number of amides is 1. The summed E-state index contributed by atoms with van der Waals surface area (Å²) in [6, 6.07) is 4.48. The molecule has 0 aliphatic heterocycles. The summed E-state index contributed by atoms with van der Waals surface area (Å²) in [5.41, 5.74) is 0.732. The fourth-order valence-electron chi connectivity index (χ4n) is 3.24. The van der Waals surface area contributed by atoms with Crippen molar-refractivity contribution in [3.05, 3.63) is 47.7 Å². The number of anilines is 3. The van der Waals surface area contributed by atoms with Gasteiger partial charge in [0.05, 0.1) is 11.9 Å². The van der Waals surface area contributed by atoms with Crippen molar-refractivity contribution in [2.45, 2.75) is 45.1 Å². The molecule has 9 heteroatoms. The van der Waals surface area contributed by atoms with Gasteiger partial charge in [0, 0.05) is 24.7 Å². The number of nitrogens with one attached hydrogen (secondary N) is 1. The predicted octanol–water partition coefficient (Wildman–Crippen LogP) is 5.00. The highest BCUT2D eigenvalue weighted by Crippen LogP contribution is 2.42. The van der Waals surface area contributed by atoms with Crippen molar-refractivity contribution in [3.8, 4) is 0 Å². The van der Waals surface area contributed by atoms with Gasteiger partial charge in [-0.25, -0.2) is 23.5 Å². The topological polar surface area (TPSA) is 71.8 Å². The number of fused-ring (bicyclic) bond motifs is 1.